The second-order valence-electron chi connectivity index (χ2n) is 3.72. The summed E-state index contributed by atoms with van der Waals surface area (Å²) < 4.78 is 31.3. The lowest BCUT2D eigenvalue weighted by Crippen LogP contribution is -2.06. The molecule has 7 nitrogen and oxygen atoms in total. The standard InChI is InChI=1S/C10H10F2N6O/c1-5-8(16-17(2)9(5)19-10(11)12)18-7(14)6(3-13)4-15-18/h4,10H,14H2,1-2H3. The maximum Gasteiger partial charge on any atom is 0.388 e. The van der Waals surface area contributed by atoms with Crippen molar-refractivity contribution in [2.24, 2.45) is 7.05 Å². The van der Waals surface area contributed by atoms with Crippen molar-refractivity contribution in [2.75, 3.05) is 5.73 Å². The maximum absolute atomic E-state index is 12.3. The molecule has 2 heterocycles. The van der Waals surface area contributed by atoms with Crippen LogP contribution in [0.3, 0.4) is 0 Å². The van der Waals surface area contributed by atoms with Crippen molar-refractivity contribution in [3.63, 3.8) is 0 Å². The highest BCUT2D eigenvalue weighted by Crippen LogP contribution is 2.26. The third-order valence-electron chi connectivity index (χ3n) is 2.52. The second kappa shape index (κ2) is 4.56. The Kier molecular flexibility index (Phi) is 3.08. The van der Waals surface area contributed by atoms with E-state index in [1.165, 1.54) is 17.9 Å². The van der Waals surface area contributed by atoms with Crippen LogP contribution in [-0.2, 0) is 7.05 Å². The number of anilines is 1. The summed E-state index contributed by atoms with van der Waals surface area (Å²) in [7, 11) is 1.46. The van der Waals surface area contributed by atoms with Crippen LogP contribution in [0, 0.1) is 18.3 Å². The zero-order valence-corrected chi connectivity index (χ0v) is 10.1. The van der Waals surface area contributed by atoms with Gasteiger partial charge in [0.25, 0.3) is 0 Å². The Morgan fingerprint density at radius 3 is 2.74 bits per heavy atom. The smallest absolute Gasteiger partial charge is 0.388 e. The first-order chi connectivity index (χ1) is 8.95. The number of hydrogen-bond donors (Lipinski definition) is 1. The van der Waals surface area contributed by atoms with Crippen LogP contribution in [0.4, 0.5) is 14.6 Å². The summed E-state index contributed by atoms with van der Waals surface area (Å²) >= 11 is 0. The van der Waals surface area contributed by atoms with E-state index in [4.69, 9.17) is 11.0 Å². The van der Waals surface area contributed by atoms with Crippen LogP contribution < -0.4 is 10.5 Å². The Morgan fingerprint density at radius 1 is 1.53 bits per heavy atom. The molecule has 0 aliphatic carbocycles. The quantitative estimate of drug-likeness (QED) is 0.894. The molecule has 19 heavy (non-hydrogen) atoms. The van der Waals surface area contributed by atoms with Crippen LogP contribution in [0.15, 0.2) is 6.20 Å². The zero-order chi connectivity index (χ0) is 14.2. The summed E-state index contributed by atoms with van der Waals surface area (Å²) in [6, 6.07) is 1.86. The number of nitriles is 1. The Balaban J connectivity index is 2.52. The lowest BCUT2D eigenvalue weighted by Gasteiger charge is -2.04. The monoisotopic (exact) mass is 268 g/mol. The van der Waals surface area contributed by atoms with E-state index >= 15 is 0 Å². The number of aromatic nitrogens is 4. The molecule has 2 N–H and O–H groups in total. The predicted octanol–water partition coefficient (Wildman–Crippen LogP) is 0.969. The number of ether oxygens (including phenoxy) is 1. The minimum absolute atomic E-state index is 0.0848. The third kappa shape index (κ3) is 2.08. The topological polar surface area (TPSA) is 94.7 Å². The molecule has 0 saturated heterocycles. The molecule has 0 atom stereocenters. The van der Waals surface area contributed by atoms with Gasteiger partial charge in [-0.05, 0) is 6.92 Å². The van der Waals surface area contributed by atoms with Crippen molar-refractivity contribution in [1.29, 1.82) is 5.26 Å². The Bertz CT molecular complexity index is 654. The summed E-state index contributed by atoms with van der Waals surface area (Å²) in [6.45, 7) is -1.40. The van der Waals surface area contributed by atoms with Gasteiger partial charge < -0.3 is 10.5 Å². The molecule has 9 heteroatoms. The first kappa shape index (κ1) is 12.8. The van der Waals surface area contributed by atoms with Gasteiger partial charge in [-0.2, -0.15) is 23.8 Å². The van der Waals surface area contributed by atoms with E-state index < -0.39 is 6.61 Å². The largest absolute Gasteiger partial charge is 0.417 e. The van der Waals surface area contributed by atoms with Gasteiger partial charge in [0.05, 0.1) is 11.8 Å². The number of alkyl halides is 2. The normalized spacial score (nSPS) is 10.7. The highest BCUT2D eigenvalue weighted by Gasteiger charge is 2.21. The Morgan fingerprint density at radius 2 is 2.21 bits per heavy atom. The number of halogens is 2. The van der Waals surface area contributed by atoms with E-state index in [-0.39, 0.29) is 23.1 Å². The van der Waals surface area contributed by atoms with Crippen molar-refractivity contribution in [3.05, 3.63) is 17.3 Å². The zero-order valence-electron chi connectivity index (χ0n) is 10.1. The molecular formula is C10H10F2N6O. The number of nitrogens with two attached hydrogens (primary N) is 1. The number of nitrogen functional groups attached to an aromatic ring is 1. The Hall–Kier alpha value is -2.63. The molecule has 0 saturated carbocycles. The van der Waals surface area contributed by atoms with Crippen molar-refractivity contribution >= 4 is 5.82 Å². The number of hydrogen-bond acceptors (Lipinski definition) is 5. The fourth-order valence-corrected chi connectivity index (χ4v) is 1.66. The van der Waals surface area contributed by atoms with Crippen LogP contribution in [-0.4, -0.2) is 26.2 Å². The van der Waals surface area contributed by atoms with Crippen LogP contribution in [0.2, 0.25) is 0 Å². The van der Waals surface area contributed by atoms with E-state index in [2.05, 4.69) is 14.9 Å². The van der Waals surface area contributed by atoms with E-state index in [1.54, 1.807) is 6.92 Å². The second-order valence-corrected chi connectivity index (χ2v) is 3.72. The van der Waals surface area contributed by atoms with Gasteiger partial charge in [-0.1, -0.05) is 0 Å². The number of aryl methyl sites for hydroxylation is 1. The van der Waals surface area contributed by atoms with Crippen LogP contribution in [0.5, 0.6) is 5.88 Å². The molecule has 0 fully saturated rings. The summed E-state index contributed by atoms with van der Waals surface area (Å²) in [5.41, 5.74) is 6.25. The fourth-order valence-electron chi connectivity index (χ4n) is 1.66. The van der Waals surface area contributed by atoms with Gasteiger partial charge in [-0.15, -0.1) is 5.10 Å². The molecule has 2 rings (SSSR count). The summed E-state index contributed by atoms with van der Waals surface area (Å²) in [5.74, 6) is 0.239. The van der Waals surface area contributed by atoms with Gasteiger partial charge >= 0.3 is 6.61 Å². The molecule has 0 radical (unpaired) electrons. The molecule has 0 aliphatic heterocycles. The van der Waals surface area contributed by atoms with Crippen molar-refractivity contribution in [2.45, 2.75) is 13.5 Å². The lowest BCUT2D eigenvalue weighted by molar-refractivity contribution is -0.0557. The van der Waals surface area contributed by atoms with Crippen LogP contribution in [0.25, 0.3) is 5.82 Å². The number of nitrogens with zero attached hydrogens (tertiary/aromatic N) is 5. The van der Waals surface area contributed by atoms with Crippen molar-refractivity contribution in [3.8, 4) is 17.8 Å². The lowest BCUT2D eigenvalue weighted by atomic mass is 10.3. The van der Waals surface area contributed by atoms with Gasteiger partial charge in [0.1, 0.15) is 17.5 Å². The van der Waals surface area contributed by atoms with Gasteiger partial charge in [0, 0.05) is 7.05 Å². The van der Waals surface area contributed by atoms with Gasteiger partial charge in [-0.25, -0.2) is 4.68 Å². The van der Waals surface area contributed by atoms with Gasteiger partial charge in [0.2, 0.25) is 5.88 Å². The predicted molar refractivity (Wildman–Crippen MR) is 60.8 cm³/mol. The average molecular weight is 268 g/mol. The molecule has 0 amide bonds. The van der Waals surface area contributed by atoms with Crippen molar-refractivity contribution in [1.82, 2.24) is 19.6 Å². The molecule has 0 aliphatic rings. The van der Waals surface area contributed by atoms with E-state index in [9.17, 15) is 8.78 Å². The SMILES string of the molecule is Cc1c(-n2ncc(C#N)c2N)nn(C)c1OC(F)F. The highest BCUT2D eigenvalue weighted by atomic mass is 19.3. The molecular weight excluding hydrogens is 258 g/mol. The van der Waals surface area contributed by atoms with Crippen LogP contribution in [0.1, 0.15) is 11.1 Å². The molecule has 2 aromatic heterocycles. The van der Waals surface area contributed by atoms with Gasteiger partial charge in [-0.3, -0.25) is 0 Å². The molecule has 2 aromatic rings. The molecule has 0 bridgehead atoms. The Labute approximate surface area is 106 Å². The van der Waals surface area contributed by atoms with E-state index in [1.807, 2.05) is 6.07 Å². The maximum atomic E-state index is 12.3. The first-order valence-electron chi connectivity index (χ1n) is 5.18. The van der Waals surface area contributed by atoms with E-state index in [0.717, 1.165) is 4.68 Å². The highest BCUT2D eigenvalue weighted by molar-refractivity contribution is 5.53. The minimum Gasteiger partial charge on any atom is -0.417 e. The molecule has 0 unspecified atom stereocenters. The number of rotatable bonds is 3. The van der Waals surface area contributed by atoms with E-state index in [0.29, 0.717) is 5.56 Å². The first-order valence-corrected chi connectivity index (χ1v) is 5.18. The van der Waals surface area contributed by atoms with Crippen molar-refractivity contribution < 1.29 is 13.5 Å². The summed E-state index contributed by atoms with van der Waals surface area (Å²) in [6.07, 6.45) is 1.27. The summed E-state index contributed by atoms with van der Waals surface area (Å²) in [5, 5.41) is 16.7. The fraction of sp³-hybridized carbons (Fsp3) is 0.300. The molecule has 0 aromatic carbocycles. The third-order valence-corrected chi connectivity index (χ3v) is 2.52. The molecule has 0 spiro atoms. The van der Waals surface area contributed by atoms with Crippen LogP contribution >= 0.6 is 0 Å². The summed E-state index contributed by atoms with van der Waals surface area (Å²) in [4.78, 5) is 0. The minimum atomic E-state index is -2.95. The van der Waals surface area contributed by atoms with Gasteiger partial charge in [0.15, 0.2) is 5.82 Å². The molecule has 100 valence electrons. The average Bonchev–Trinajstić information content (AvgIpc) is 2.83.